The van der Waals surface area contributed by atoms with Crippen LogP contribution in [-0.4, -0.2) is 19.2 Å². The van der Waals surface area contributed by atoms with Gasteiger partial charge in [0.25, 0.3) is 0 Å². The maximum atomic E-state index is 5.34. The van der Waals surface area contributed by atoms with Crippen molar-refractivity contribution in [1.82, 2.24) is 4.98 Å². The molecule has 2 aromatic rings. The highest BCUT2D eigenvalue weighted by Gasteiger charge is 2.08. The lowest BCUT2D eigenvalue weighted by molar-refractivity contribution is 0.409. The summed E-state index contributed by atoms with van der Waals surface area (Å²) in [5.74, 6) is 1.62. The van der Waals surface area contributed by atoms with Crippen LogP contribution in [0.25, 0.3) is 10.9 Å². The molecular formula is C14H17NO2. The summed E-state index contributed by atoms with van der Waals surface area (Å²) in [5.41, 5.74) is 1.96. The zero-order valence-electron chi connectivity index (χ0n) is 10.5. The molecule has 0 spiro atoms. The molecule has 0 aliphatic rings. The van der Waals surface area contributed by atoms with Crippen molar-refractivity contribution in [3.63, 3.8) is 0 Å². The second-order valence-corrected chi connectivity index (χ2v) is 3.92. The van der Waals surface area contributed by atoms with Gasteiger partial charge < -0.3 is 9.47 Å². The first kappa shape index (κ1) is 11.7. The third kappa shape index (κ3) is 2.18. The molecule has 0 amide bonds. The van der Waals surface area contributed by atoms with E-state index in [2.05, 4.69) is 18.0 Å². The fourth-order valence-corrected chi connectivity index (χ4v) is 1.94. The highest BCUT2D eigenvalue weighted by Crippen LogP contribution is 2.31. The minimum Gasteiger partial charge on any atom is -0.496 e. The average Bonchev–Trinajstić information content (AvgIpc) is 2.37. The summed E-state index contributed by atoms with van der Waals surface area (Å²) in [4.78, 5) is 4.64. The van der Waals surface area contributed by atoms with Gasteiger partial charge in [0.2, 0.25) is 0 Å². The van der Waals surface area contributed by atoms with Gasteiger partial charge in [-0.25, -0.2) is 4.98 Å². The Balaban J connectivity index is 2.64. The number of benzene rings is 1. The zero-order chi connectivity index (χ0) is 12.3. The molecule has 1 heterocycles. The fourth-order valence-electron chi connectivity index (χ4n) is 1.94. The summed E-state index contributed by atoms with van der Waals surface area (Å²) in [6.07, 6.45) is 2.07. The van der Waals surface area contributed by atoms with Gasteiger partial charge in [-0.2, -0.15) is 0 Å². The summed E-state index contributed by atoms with van der Waals surface area (Å²) in [5, 5.41) is 0.992. The van der Waals surface area contributed by atoms with Crippen LogP contribution in [0.3, 0.4) is 0 Å². The second-order valence-electron chi connectivity index (χ2n) is 3.92. The number of methoxy groups -OCH3 is 2. The van der Waals surface area contributed by atoms with Crippen LogP contribution in [0.15, 0.2) is 24.3 Å². The van der Waals surface area contributed by atoms with Crippen LogP contribution in [-0.2, 0) is 6.42 Å². The Kier molecular flexibility index (Phi) is 3.47. The SMILES string of the molecule is CCCc1ccc2c(OC)ccc(OC)c2n1. The molecule has 0 radical (unpaired) electrons. The van der Waals surface area contributed by atoms with Gasteiger partial charge in [-0.1, -0.05) is 13.3 Å². The van der Waals surface area contributed by atoms with Crippen molar-refractivity contribution in [3.05, 3.63) is 30.0 Å². The molecule has 3 nitrogen and oxygen atoms in total. The number of pyridine rings is 1. The van der Waals surface area contributed by atoms with Gasteiger partial charge in [-0.3, -0.25) is 0 Å². The van der Waals surface area contributed by atoms with Crippen molar-refractivity contribution in [2.24, 2.45) is 0 Å². The number of aromatic nitrogens is 1. The van der Waals surface area contributed by atoms with Crippen LogP contribution in [0.2, 0.25) is 0 Å². The summed E-state index contributed by atoms with van der Waals surface area (Å²) < 4.78 is 10.7. The lowest BCUT2D eigenvalue weighted by Gasteiger charge is -2.10. The average molecular weight is 231 g/mol. The number of hydrogen-bond acceptors (Lipinski definition) is 3. The van der Waals surface area contributed by atoms with Crippen molar-refractivity contribution in [2.45, 2.75) is 19.8 Å². The Morgan fingerprint density at radius 1 is 1.00 bits per heavy atom. The molecule has 0 atom stereocenters. The van der Waals surface area contributed by atoms with Gasteiger partial charge in [0, 0.05) is 11.1 Å². The molecule has 3 heteroatoms. The summed E-state index contributed by atoms with van der Waals surface area (Å²) >= 11 is 0. The van der Waals surface area contributed by atoms with E-state index < -0.39 is 0 Å². The third-order valence-corrected chi connectivity index (χ3v) is 2.78. The van der Waals surface area contributed by atoms with Gasteiger partial charge in [0.1, 0.15) is 17.0 Å². The molecule has 0 fully saturated rings. The van der Waals surface area contributed by atoms with Crippen molar-refractivity contribution in [2.75, 3.05) is 14.2 Å². The first-order chi connectivity index (χ1) is 8.30. The normalized spacial score (nSPS) is 10.5. The third-order valence-electron chi connectivity index (χ3n) is 2.78. The fraction of sp³-hybridized carbons (Fsp3) is 0.357. The van der Waals surface area contributed by atoms with E-state index in [9.17, 15) is 0 Å². The Morgan fingerprint density at radius 2 is 1.71 bits per heavy atom. The maximum Gasteiger partial charge on any atom is 0.145 e. The summed E-state index contributed by atoms with van der Waals surface area (Å²) in [7, 11) is 3.33. The minimum atomic E-state index is 0.791. The molecule has 0 unspecified atom stereocenters. The van der Waals surface area contributed by atoms with Gasteiger partial charge in [0.05, 0.1) is 14.2 Å². The number of nitrogens with zero attached hydrogens (tertiary/aromatic N) is 1. The second kappa shape index (κ2) is 5.04. The summed E-state index contributed by atoms with van der Waals surface area (Å²) in [6, 6.07) is 7.90. The molecule has 90 valence electrons. The maximum absolute atomic E-state index is 5.34. The van der Waals surface area contributed by atoms with Crippen molar-refractivity contribution in [1.29, 1.82) is 0 Å². The van der Waals surface area contributed by atoms with Crippen molar-refractivity contribution >= 4 is 10.9 Å². The number of hydrogen-bond donors (Lipinski definition) is 0. The molecule has 0 bridgehead atoms. The van der Waals surface area contributed by atoms with Crippen molar-refractivity contribution in [3.8, 4) is 11.5 Å². The minimum absolute atomic E-state index is 0.791. The molecule has 2 rings (SSSR count). The zero-order valence-corrected chi connectivity index (χ0v) is 10.5. The van der Waals surface area contributed by atoms with Gasteiger partial charge in [-0.15, -0.1) is 0 Å². The van der Waals surface area contributed by atoms with Crippen LogP contribution >= 0.6 is 0 Å². The molecule has 0 aliphatic carbocycles. The Morgan fingerprint density at radius 3 is 2.35 bits per heavy atom. The van der Waals surface area contributed by atoms with Gasteiger partial charge in [0.15, 0.2) is 0 Å². The first-order valence-electron chi connectivity index (χ1n) is 5.80. The van der Waals surface area contributed by atoms with E-state index in [0.717, 1.165) is 40.9 Å². The van der Waals surface area contributed by atoms with E-state index in [1.807, 2.05) is 18.2 Å². The topological polar surface area (TPSA) is 31.4 Å². The van der Waals surface area contributed by atoms with E-state index in [-0.39, 0.29) is 0 Å². The quantitative estimate of drug-likeness (QED) is 0.809. The number of ether oxygens (including phenoxy) is 2. The summed E-state index contributed by atoms with van der Waals surface area (Å²) in [6.45, 7) is 2.15. The number of aryl methyl sites for hydroxylation is 1. The van der Waals surface area contributed by atoms with Crippen LogP contribution in [0.4, 0.5) is 0 Å². The van der Waals surface area contributed by atoms with Crippen LogP contribution in [0, 0.1) is 0 Å². The van der Waals surface area contributed by atoms with E-state index in [1.54, 1.807) is 14.2 Å². The lowest BCUT2D eigenvalue weighted by atomic mass is 10.1. The first-order valence-corrected chi connectivity index (χ1v) is 5.80. The van der Waals surface area contributed by atoms with Gasteiger partial charge >= 0.3 is 0 Å². The van der Waals surface area contributed by atoms with E-state index in [1.165, 1.54) is 0 Å². The molecule has 1 aromatic heterocycles. The van der Waals surface area contributed by atoms with Crippen LogP contribution < -0.4 is 9.47 Å². The van der Waals surface area contributed by atoms with Gasteiger partial charge in [-0.05, 0) is 30.7 Å². The monoisotopic (exact) mass is 231 g/mol. The van der Waals surface area contributed by atoms with E-state index >= 15 is 0 Å². The highest BCUT2D eigenvalue weighted by molar-refractivity contribution is 5.90. The van der Waals surface area contributed by atoms with Crippen molar-refractivity contribution < 1.29 is 9.47 Å². The lowest BCUT2D eigenvalue weighted by Crippen LogP contribution is -1.95. The predicted molar refractivity (Wildman–Crippen MR) is 68.8 cm³/mol. The molecule has 0 saturated carbocycles. The Labute approximate surface area is 101 Å². The smallest absolute Gasteiger partial charge is 0.145 e. The van der Waals surface area contributed by atoms with Crippen LogP contribution in [0.5, 0.6) is 11.5 Å². The Bertz CT molecular complexity index is 523. The van der Waals surface area contributed by atoms with E-state index in [0.29, 0.717) is 0 Å². The molecular weight excluding hydrogens is 214 g/mol. The highest BCUT2D eigenvalue weighted by atomic mass is 16.5. The molecule has 0 aliphatic heterocycles. The molecule has 17 heavy (non-hydrogen) atoms. The molecule has 0 N–H and O–H groups in total. The van der Waals surface area contributed by atoms with E-state index in [4.69, 9.17) is 9.47 Å². The number of fused-ring (bicyclic) bond motifs is 1. The molecule has 1 aromatic carbocycles. The molecule has 0 saturated heterocycles. The standard InChI is InChI=1S/C14H17NO2/c1-4-5-10-6-7-11-12(16-2)8-9-13(17-3)14(11)15-10/h6-9H,4-5H2,1-3H3. The predicted octanol–water partition coefficient (Wildman–Crippen LogP) is 3.20. The Hall–Kier alpha value is -1.77. The van der Waals surface area contributed by atoms with Crippen LogP contribution in [0.1, 0.15) is 19.0 Å². The largest absolute Gasteiger partial charge is 0.496 e. The number of rotatable bonds is 4.